The van der Waals surface area contributed by atoms with Crippen LogP contribution in [-0.2, 0) is 14.3 Å². The molecule has 3 atom stereocenters. The molecule has 3 N–H and O–H groups in total. The van der Waals surface area contributed by atoms with Crippen LogP contribution in [-0.4, -0.2) is 46.9 Å². The van der Waals surface area contributed by atoms with E-state index in [1.165, 1.54) is 77.0 Å². The molecule has 0 aromatic carbocycles. The topological polar surface area (TPSA) is 95.9 Å². The van der Waals surface area contributed by atoms with E-state index in [1.54, 1.807) is 0 Å². The van der Waals surface area contributed by atoms with Crippen LogP contribution in [0.15, 0.2) is 97.2 Å². The standard InChI is InChI=1S/C52H87NO5/c1-4-7-10-13-16-19-22-24-25-26-28-29-31-34-37-40-43-48(58-52(57)45-42-39-36-33-30-27-23-20-17-14-11-8-5-2)46-51(56)53-49(47-54)50(55)44-41-38-35-32-21-18-15-12-9-6-3/h8,11,14,17,20,22-30,33,36,48-50,54-55H,4-7,9-10,12-13,15-16,18-19,21,31-32,34-35,37-47H2,1-3H3,(H,53,56)/b11-8+,17-14+,23-20-,24-22+,26-25+,29-28+,30-27-,36-33+. The van der Waals surface area contributed by atoms with Gasteiger partial charge in [0, 0.05) is 6.42 Å². The van der Waals surface area contributed by atoms with E-state index in [1.807, 2.05) is 54.7 Å². The molecule has 0 bridgehead atoms. The van der Waals surface area contributed by atoms with E-state index in [9.17, 15) is 19.8 Å². The van der Waals surface area contributed by atoms with Crippen LogP contribution < -0.4 is 5.32 Å². The summed E-state index contributed by atoms with van der Waals surface area (Å²) in [5.41, 5.74) is 0. The number of ether oxygens (including phenoxy) is 1. The molecule has 3 unspecified atom stereocenters. The predicted octanol–water partition coefficient (Wildman–Crippen LogP) is 13.8. The smallest absolute Gasteiger partial charge is 0.306 e. The minimum absolute atomic E-state index is 0.0203. The van der Waals surface area contributed by atoms with Gasteiger partial charge in [-0.25, -0.2) is 0 Å². The lowest BCUT2D eigenvalue weighted by Crippen LogP contribution is -2.46. The van der Waals surface area contributed by atoms with Crippen molar-refractivity contribution in [3.05, 3.63) is 97.2 Å². The zero-order valence-electron chi connectivity index (χ0n) is 37.4. The van der Waals surface area contributed by atoms with Crippen molar-refractivity contribution in [2.45, 2.75) is 212 Å². The Morgan fingerprint density at radius 2 is 0.931 bits per heavy atom. The molecule has 0 fully saturated rings. The van der Waals surface area contributed by atoms with Crippen molar-refractivity contribution < 1.29 is 24.5 Å². The zero-order valence-corrected chi connectivity index (χ0v) is 37.4. The quantitative estimate of drug-likeness (QED) is 0.0326. The van der Waals surface area contributed by atoms with Crippen LogP contribution in [0.3, 0.4) is 0 Å². The van der Waals surface area contributed by atoms with Gasteiger partial charge in [-0.3, -0.25) is 9.59 Å². The highest BCUT2D eigenvalue weighted by Gasteiger charge is 2.24. The number of unbranched alkanes of at least 4 members (excludes halogenated alkanes) is 18. The van der Waals surface area contributed by atoms with E-state index < -0.39 is 18.2 Å². The van der Waals surface area contributed by atoms with Crippen molar-refractivity contribution in [1.29, 1.82) is 0 Å². The summed E-state index contributed by atoms with van der Waals surface area (Å²) in [7, 11) is 0. The fourth-order valence-corrected chi connectivity index (χ4v) is 6.52. The summed E-state index contributed by atoms with van der Waals surface area (Å²) in [5.74, 6) is -0.607. The molecule has 0 saturated heterocycles. The van der Waals surface area contributed by atoms with Crippen molar-refractivity contribution in [3.63, 3.8) is 0 Å². The Morgan fingerprint density at radius 1 is 0.517 bits per heavy atom. The molecule has 0 aromatic heterocycles. The van der Waals surface area contributed by atoms with E-state index in [-0.39, 0.29) is 31.3 Å². The minimum atomic E-state index is -0.813. The third-order valence-electron chi connectivity index (χ3n) is 10.1. The van der Waals surface area contributed by atoms with Crippen LogP contribution in [0.4, 0.5) is 0 Å². The fraction of sp³-hybridized carbons (Fsp3) is 0.654. The van der Waals surface area contributed by atoms with E-state index in [4.69, 9.17) is 4.74 Å². The lowest BCUT2D eigenvalue weighted by atomic mass is 10.0. The number of aliphatic hydroxyl groups is 2. The van der Waals surface area contributed by atoms with Gasteiger partial charge in [-0.2, -0.15) is 0 Å². The highest BCUT2D eigenvalue weighted by molar-refractivity contribution is 5.77. The molecule has 0 saturated carbocycles. The normalized spacial score (nSPS) is 14.2. The molecule has 58 heavy (non-hydrogen) atoms. The van der Waals surface area contributed by atoms with E-state index >= 15 is 0 Å². The van der Waals surface area contributed by atoms with Gasteiger partial charge in [0.05, 0.1) is 25.2 Å². The number of hydrogen-bond donors (Lipinski definition) is 3. The second-order valence-corrected chi connectivity index (χ2v) is 15.6. The van der Waals surface area contributed by atoms with Crippen molar-refractivity contribution in [2.24, 2.45) is 0 Å². The minimum Gasteiger partial charge on any atom is -0.462 e. The molecule has 6 nitrogen and oxygen atoms in total. The summed E-state index contributed by atoms with van der Waals surface area (Å²) in [6.07, 6.45) is 59.0. The number of allylic oxidation sites excluding steroid dienone is 16. The molecule has 330 valence electrons. The number of hydrogen-bond acceptors (Lipinski definition) is 5. The second-order valence-electron chi connectivity index (χ2n) is 15.6. The average molecular weight is 806 g/mol. The Bertz CT molecular complexity index is 1180. The Kier molecular flexibility index (Phi) is 42.4. The molecule has 0 heterocycles. The van der Waals surface area contributed by atoms with Crippen LogP contribution in [0, 0.1) is 0 Å². The third-order valence-corrected chi connectivity index (χ3v) is 10.1. The van der Waals surface area contributed by atoms with Crippen LogP contribution in [0.1, 0.15) is 194 Å². The SMILES string of the molecule is CC/C=C/C=C/C=C\C=C/C=C/CCCC(=O)OC(CCCCC/C=C/C=C/C=C/CCCCCCC)CC(=O)NC(CO)C(O)CCCCCCCCCCCC. The molecule has 6 heteroatoms. The number of carbonyl (C=O) groups is 2. The molecule has 1 amide bonds. The number of rotatable bonds is 40. The van der Waals surface area contributed by atoms with Gasteiger partial charge >= 0.3 is 5.97 Å². The predicted molar refractivity (Wildman–Crippen MR) is 250 cm³/mol. The first-order chi connectivity index (χ1) is 28.5. The largest absolute Gasteiger partial charge is 0.462 e. The summed E-state index contributed by atoms with van der Waals surface area (Å²) < 4.78 is 5.85. The van der Waals surface area contributed by atoms with Gasteiger partial charge < -0.3 is 20.3 Å². The highest BCUT2D eigenvalue weighted by atomic mass is 16.5. The first-order valence-corrected chi connectivity index (χ1v) is 23.6. The van der Waals surface area contributed by atoms with Gasteiger partial charge in [-0.1, -0.05) is 214 Å². The van der Waals surface area contributed by atoms with Gasteiger partial charge in [0.1, 0.15) is 6.10 Å². The number of esters is 1. The van der Waals surface area contributed by atoms with E-state index in [2.05, 4.69) is 68.6 Å². The Hall–Kier alpha value is -3.22. The van der Waals surface area contributed by atoms with Gasteiger partial charge in [-0.05, 0) is 64.2 Å². The van der Waals surface area contributed by atoms with Gasteiger partial charge in [-0.15, -0.1) is 0 Å². The fourth-order valence-electron chi connectivity index (χ4n) is 6.52. The van der Waals surface area contributed by atoms with Crippen LogP contribution in [0.5, 0.6) is 0 Å². The van der Waals surface area contributed by atoms with Crippen molar-refractivity contribution in [2.75, 3.05) is 6.61 Å². The lowest BCUT2D eigenvalue weighted by Gasteiger charge is -2.24. The lowest BCUT2D eigenvalue weighted by molar-refractivity contribution is -0.151. The van der Waals surface area contributed by atoms with E-state index in [0.29, 0.717) is 19.3 Å². The van der Waals surface area contributed by atoms with Crippen molar-refractivity contribution >= 4 is 11.9 Å². The van der Waals surface area contributed by atoms with Crippen molar-refractivity contribution in [1.82, 2.24) is 5.32 Å². The van der Waals surface area contributed by atoms with Crippen LogP contribution in [0.2, 0.25) is 0 Å². The molecule has 0 aliphatic carbocycles. The van der Waals surface area contributed by atoms with Gasteiger partial charge in [0.15, 0.2) is 0 Å². The first-order valence-electron chi connectivity index (χ1n) is 23.6. The number of aliphatic hydroxyl groups excluding tert-OH is 2. The summed E-state index contributed by atoms with van der Waals surface area (Å²) in [5, 5.41) is 23.6. The molecular weight excluding hydrogens is 719 g/mol. The van der Waals surface area contributed by atoms with Crippen LogP contribution in [0.25, 0.3) is 0 Å². The van der Waals surface area contributed by atoms with Crippen molar-refractivity contribution in [3.8, 4) is 0 Å². The number of amides is 1. The van der Waals surface area contributed by atoms with E-state index in [0.717, 1.165) is 64.2 Å². The van der Waals surface area contributed by atoms with Crippen LogP contribution >= 0.6 is 0 Å². The Labute approximate surface area is 356 Å². The third kappa shape index (κ3) is 39.6. The Balaban J connectivity index is 4.83. The first kappa shape index (κ1) is 54.8. The molecule has 0 spiro atoms. The summed E-state index contributed by atoms with van der Waals surface area (Å²) in [4.78, 5) is 26.0. The monoisotopic (exact) mass is 806 g/mol. The summed E-state index contributed by atoms with van der Waals surface area (Å²) >= 11 is 0. The summed E-state index contributed by atoms with van der Waals surface area (Å²) in [6.45, 7) is 6.26. The average Bonchev–Trinajstić information content (AvgIpc) is 3.22. The molecular formula is C52H87NO5. The molecule has 0 aliphatic heterocycles. The summed E-state index contributed by atoms with van der Waals surface area (Å²) in [6, 6.07) is -0.731. The zero-order chi connectivity index (χ0) is 42.4. The molecule has 0 rings (SSSR count). The van der Waals surface area contributed by atoms with Gasteiger partial charge in [0.25, 0.3) is 0 Å². The highest BCUT2D eigenvalue weighted by Crippen LogP contribution is 2.16. The molecule has 0 aliphatic rings. The maximum atomic E-state index is 13.1. The maximum Gasteiger partial charge on any atom is 0.306 e. The molecule has 0 radical (unpaired) electrons. The second kappa shape index (κ2) is 44.9. The maximum absolute atomic E-state index is 13.1. The number of nitrogens with one attached hydrogen (secondary N) is 1. The Morgan fingerprint density at radius 3 is 1.43 bits per heavy atom. The molecule has 0 aromatic rings. The van der Waals surface area contributed by atoms with Gasteiger partial charge in [0.2, 0.25) is 5.91 Å². The number of carbonyl (C=O) groups excluding carboxylic acids is 2.